The molecule has 0 aliphatic rings. The Labute approximate surface area is 165 Å². The molecular weight excluding hydrogens is 352 g/mol. The zero-order valence-corrected chi connectivity index (χ0v) is 16.5. The molecule has 28 heavy (non-hydrogen) atoms. The van der Waals surface area contributed by atoms with Crippen LogP contribution in [-0.2, 0) is 5.41 Å². The van der Waals surface area contributed by atoms with Gasteiger partial charge in [0.15, 0.2) is 0 Å². The number of amides is 1. The summed E-state index contributed by atoms with van der Waals surface area (Å²) in [7, 11) is 1.60. The third-order valence-corrected chi connectivity index (χ3v) is 4.26. The summed E-state index contributed by atoms with van der Waals surface area (Å²) in [5, 5.41) is 5.97. The second-order valence-corrected chi connectivity index (χ2v) is 7.39. The van der Waals surface area contributed by atoms with Gasteiger partial charge in [0.1, 0.15) is 17.3 Å². The first-order valence-corrected chi connectivity index (χ1v) is 9.01. The van der Waals surface area contributed by atoms with Crippen LogP contribution in [0.1, 0.15) is 36.8 Å². The number of benzene rings is 2. The predicted molar refractivity (Wildman–Crippen MR) is 111 cm³/mol. The number of hydrogen-bond donors (Lipinski definition) is 2. The van der Waals surface area contributed by atoms with E-state index in [2.05, 4.69) is 41.4 Å². The molecule has 0 aliphatic heterocycles. The standard InChI is InChI=1S/C22H24N4O2/c1-22(2,3)15-9-11-16(12-10-15)25-21(27)18-13-24-20(14-23-18)26-17-7-5-6-8-19(17)28-4/h5-14H,1-4H3,(H,24,26)(H,25,27). The summed E-state index contributed by atoms with van der Waals surface area (Å²) in [6.07, 6.45) is 2.96. The van der Waals surface area contributed by atoms with Crippen molar-refractivity contribution in [2.45, 2.75) is 26.2 Å². The first-order valence-electron chi connectivity index (χ1n) is 9.01. The molecule has 1 amide bonds. The molecule has 0 saturated carbocycles. The summed E-state index contributed by atoms with van der Waals surface area (Å²) in [6, 6.07) is 15.3. The van der Waals surface area contributed by atoms with Crippen molar-refractivity contribution in [3.8, 4) is 5.75 Å². The fourth-order valence-corrected chi connectivity index (χ4v) is 2.64. The Morgan fingerprint density at radius 3 is 2.29 bits per heavy atom. The second-order valence-electron chi connectivity index (χ2n) is 7.39. The molecule has 0 fully saturated rings. The molecule has 1 aromatic heterocycles. The molecule has 3 aromatic rings. The predicted octanol–water partition coefficient (Wildman–Crippen LogP) is 4.78. The SMILES string of the molecule is COc1ccccc1Nc1cnc(C(=O)Nc2ccc(C(C)(C)C)cc2)cn1. The maximum atomic E-state index is 12.4. The fraction of sp³-hybridized carbons (Fsp3) is 0.227. The average Bonchev–Trinajstić information content (AvgIpc) is 2.68. The summed E-state index contributed by atoms with van der Waals surface area (Å²) in [5.41, 5.74) is 3.01. The highest BCUT2D eigenvalue weighted by Crippen LogP contribution is 2.26. The number of ether oxygens (including phenoxy) is 1. The summed E-state index contributed by atoms with van der Waals surface area (Å²) in [5.74, 6) is 0.917. The van der Waals surface area contributed by atoms with Crippen molar-refractivity contribution >= 4 is 23.1 Å². The van der Waals surface area contributed by atoms with Crippen LogP contribution in [0.5, 0.6) is 5.75 Å². The maximum Gasteiger partial charge on any atom is 0.275 e. The molecule has 2 N–H and O–H groups in total. The van der Waals surface area contributed by atoms with Crippen LogP contribution < -0.4 is 15.4 Å². The highest BCUT2D eigenvalue weighted by Gasteiger charge is 2.14. The first kappa shape index (κ1) is 19.4. The third kappa shape index (κ3) is 4.65. The van der Waals surface area contributed by atoms with Gasteiger partial charge in [-0.15, -0.1) is 0 Å². The minimum atomic E-state index is -0.306. The quantitative estimate of drug-likeness (QED) is 0.670. The van der Waals surface area contributed by atoms with E-state index in [9.17, 15) is 4.79 Å². The Kier molecular flexibility index (Phi) is 5.59. The number of anilines is 3. The van der Waals surface area contributed by atoms with Crippen molar-refractivity contribution < 1.29 is 9.53 Å². The van der Waals surface area contributed by atoms with Gasteiger partial charge in [-0.2, -0.15) is 0 Å². The van der Waals surface area contributed by atoms with Gasteiger partial charge in [-0.25, -0.2) is 9.97 Å². The smallest absolute Gasteiger partial charge is 0.275 e. The van der Waals surface area contributed by atoms with E-state index in [0.29, 0.717) is 11.6 Å². The minimum Gasteiger partial charge on any atom is -0.495 e. The topological polar surface area (TPSA) is 76.1 Å². The van der Waals surface area contributed by atoms with E-state index in [-0.39, 0.29) is 17.0 Å². The lowest BCUT2D eigenvalue weighted by molar-refractivity contribution is 0.102. The number of carbonyl (C=O) groups excluding carboxylic acids is 1. The van der Waals surface area contributed by atoms with E-state index in [4.69, 9.17) is 4.74 Å². The highest BCUT2D eigenvalue weighted by molar-refractivity contribution is 6.02. The Morgan fingerprint density at radius 2 is 1.68 bits per heavy atom. The van der Waals surface area contributed by atoms with Crippen molar-refractivity contribution in [3.63, 3.8) is 0 Å². The Morgan fingerprint density at radius 1 is 0.964 bits per heavy atom. The van der Waals surface area contributed by atoms with Crippen molar-refractivity contribution in [1.82, 2.24) is 9.97 Å². The van der Waals surface area contributed by atoms with Gasteiger partial charge < -0.3 is 15.4 Å². The molecule has 6 nitrogen and oxygen atoms in total. The number of aromatic nitrogens is 2. The zero-order valence-electron chi connectivity index (χ0n) is 16.5. The molecule has 3 rings (SSSR count). The Hall–Kier alpha value is -3.41. The van der Waals surface area contributed by atoms with Gasteiger partial charge in [-0.3, -0.25) is 4.79 Å². The van der Waals surface area contributed by atoms with Gasteiger partial charge in [0.25, 0.3) is 5.91 Å². The monoisotopic (exact) mass is 376 g/mol. The van der Waals surface area contributed by atoms with E-state index in [1.165, 1.54) is 18.0 Å². The van der Waals surface area contributed by atoms with Crippen molar-refractivity contribution in [2.24, 2.45) is 0 Å². The first-order chi connectivity index (χ1) is 13.4. The third-order valence-electron chi connectivity index (χ3n) is 4.26. The number of nitrogens with zero attached hydrogens (tertiary/aromatic N) is 2. The molecule has 0 atom stereocenters. The van der Waals surface area contributed by atoms with Gasteiger partial charge in [0.2, 0.25) is 0 Å². The number of nitrogens with one attached hydrogen (secondary N) is 2. The number of hydrogen-bond acceptors (Lipinski definition) is 5. The lowest BCUT2D eigenvalue weighted by Crippen LogP contribution is -2.15. The number of rotatable bonds is 5. The van der Waals surface area contributed by atoms with Crippen LogP contribution >= 0.6 is 0 Å². The minimum absolute atomic E-state index is 0.0677. The van der Waals surface area contributed by atoms with Crippen LogP contribution in [0.3, 0.4) is 0 Å². The van der Waals surface area contributed by atoms with Gasteiger partial charge in [-0.1, -0.05) is 45.0 Å². The zero-order chi connectivity index (χ0) is 20.1. The molecule has 0 unspecified atom stereocenters. The lowest BCUT2D eigenvalue weighted by atomic mass is 9.87. The van der Waals surface area contributed by atoms with Gasteiger partial charge in [0.05, 0.1) is 25.2 Å². The number of methoxy groups -OCH3 is 1. The van der Waals surface area contributed by atoms with Crippen molar-refractivity contribution in [1.29, 1.82) is 0 Å². The highest BCUT2D eigenvalue weighted by atomic mass is 16.5. The van der Waals surface area contributed by atoms with Crippen molar-refractivity contribution in [2.75, 3.05) is 17.7 Å². The normalized spacial score (nSPS) is 11.0. The van der Waals surface area contributed by atoms with Crippen LogP contribution in [0.4, 0.5) is 17.2 Å². The molecular formula is C22H24N4O2. The van der Waals surface area contributed by atoms with Crippen LogP contribution in [0.15, 0.2) is 60.9 Å². The van der Waals surface area contributed by atoms with Crippen LogP contribution in [-0.4, -0.2) is 23.0 Å². The molecule has 0 spiro atoms. The van der Waals surface area contributed by atoms with Gasteiger partial charge in [0, 0.05) is 5.69 Å². The molecule has 0 radical (unpaired) electrons. The van der Waals surface area contributed by atoms with Crippen LogP contribution in [0.25, 0.3) is 0 Å². The molecule has 0 aliphatic carbocycles. The number of carbonyl (C=O) groups is 1. The van der Waals surface area contributed by atoms with E-state index >= 15 is 0 Å². The van der Waals surface area contributed by atoms with E-state index in [1.54, 1.807) is 7.11 Å². The summed E-state index contributed by atoms with van der Waals surface area (Å²) in [4.78, 5) is 20.9. The largest absolute Gasteiger partial charge is 0.495 e. The van der Waals surface area contributed by atoms with Gasteiger partial charge >= 0.3 is 0 Å². The summed E-state index contributed by atoms with van der Waals surface area (Å²) >= 11 is 0. The average molecular weight is 376 g/mol. The molecule has 144 valence electrons. The van der Waals surface area contributed by atoms with E-state index in [1.807, 2.05) is 48.5 Å². The number of para-hydroxylation sites is 2. The fourth-order valence-electron chi connectivity index (χ4n) is 2.64. The maximum absolute atomic E-state index is 12.4. The van der Waals surface area contributed by atoms with Crippen LogP contribution in [0.2, 0.25) is 0 Å². The van der Waals surface area contributed by atoms with Gasteiger partial charge in [-0.05, 0) is 35.2 Å². The van der Waals surface area contributed by atoms with E-state index < -0.39 is 0 Å². The Balaban J connectivity index is 1.67. The summed E-state index contributed by atoms with van der Waals surface area (Å²) < 4.78 is 5.30. The molecule has 0 bridgehead atoms. The van der Waals surface area contributed by atoms with Crippen molar-refractivity contribution in [3.05, 3.63) is 72.2 Å². The lowest BCUT2D eigenvalue weighted by Gasteiger charge is -2.19. The summed E-state index contributed by atoms with van der Waals surface area (Å²) in [6.45, 7) is 6.45. The second kappa shape index (κ2) is 8.08. The van der Waals surface area contributed by atoms with Crippen LogP contribution in [0, 0.1) is 0 Å². The molecule has 1 heterocycles. The van der Waals surface area contributed by atoms with E-state index in [0.717, 1.165) is 11.4 Å². The molecule has 6 heteroatoms. The molecule has 0 saturated heterocycles. The Bertz CT molecular complexity index is 946. The molecule has 2 aromatic carbocycles.